The molecular weight excluding hydrogens is 366 g/mol. The summed E-state index contributed by atoms with van der Waals surface area (Å²) in [7, 11) is 3.19. The Balaban J connectivity index is 1.49. The second-order valence-corrected chi connectivity index (χ2v) is 7.69. The Kier molecular flexibility index (Phi) is 6.30. The van der Waals surface area contributed by atoms with Gasteiger partial charge in [0.25, 0.3) is 0 Å². The van der Waals surface area contributed by atoms with E-state index in [-0.39, 0.29) is 5.91 Å². The van der Waals surface area contributed by atoms with Gasteiger partial charge in [-0.1, -0.05) is 6.07 Å². The summed E-state index contributed by atoms with van der Waals surface area (Å²) in [4.78, 5) is 14.7. The molecule has 26 heavy (non-hydrogen) atoms. The van der Waals surface area contributed by atoms with Gasteiger partial charge in [-0.2, -0.15) is 11.3 Å². The van der Waals surface area contributed by atoms with Gasteiger partial charge in [-0.3, -0.25) is 4.79 Å². The van der Waals surface area contributed by atoms with Crippen LogP contribution < -0.4 is 14.8 Å². The molecule has 0 aliphatic heterocycles. The van der Waals surface area contributed by atoms with Crippen LogP contribution in [0.3, 0.4) is 0 Å². The Hall–Kier alpha value is -2.31. The van der Waals surface area contributed by atoms with E-state index in [2.05, 4.69) is 34.3 Å². The highest BCUT2D eigenvalue weighted by molar-refractivity contribution is 7.16. The molecule has 0 saturated carbocycles. The van der Waals surface area contributed by atoms with Crippen molar-refractivity contribution in [3.05, 3.63) is 57.6 Å². The van der Waals surface area contributed by atoms with Crippen molar-refractivity contribution >= 4 is 28.6 Å². The van der Waals surface area contributed by atoms with Crippen LogP contribution in [0.15, 0.2) is 47.2 Å². The van der Waals surface area contributed by atoms with Gasteiger partial charge in [-0.15, -0.1) is 11.3 Å². The first-order chi connectivity index (χ1) is 12.7. The van der Waals surface area contributed by atoms with Gasteiger partial charge in [0.05, 0.1) is 20.6 Å². The molecule has 136 valence electrons. The maximum atomic E-state index is 12.2. The molecule has 0 unspecified atom stereocenters. The molecule has 1 amide bonds. The Morgan fingerprint density at radius 3 is 2.65 bits per heavy atom. The number of rotatable bonds is 8. The molecule has 0 aliphatic rings. The second-order valence-electron chi connectivity index (χ2n) is 5.74. The molecular formula is C20H21NO3S2. The molecule has 1 aromatic carbocycles. The molecule has 0 radical (unpaired) electrons. The van der Waals surface area contributed by atoms with Gasteiger partial charge < -0.3 is 14.8 Å². The molecule has 0 saturated heterocycles. The zero-order valence-corrected chi connectivity index (χ0v) is 16.4. The normalized spacial score (nSPS) is 10.5. The number of ether oxygens (including phenoxy) is 2. The number of amides is 1. The quantitative estimate of drug-likeness (QED) is 0.623. The summed E-state index contributed by atoms with van der Waals surface area (Å²) in [5.74, 6) is 1.31. The minimum absolute atomic E-state index is 0.00633. The zero-order valence-electron chi connectivity index (χ0n) is 14.8. The van der Waals surface area contributed by atoms with E-state index in [0.717, 1.165) is 12.0 Å². The van der Waals surface area contributed by atoms with E-state index in [1.807, 2.05) is 18.2 Å². The highest BCUT2D eigenvalue weighted by Gasteiger charge is 2.09. The van der Waals surface area contributed by atoms with Crippen molar-refractivity contribution in [2.75, 3.05) is 20.8 Å². The van der Waals surface area contributed by atoms with E-state index in [1.165, 1.54) is 15.3 Å². The standard InChI is InChI=1S/C20H21NO3S2/c1-23-17-5-3-14(11-18(17)24-2)12-20(22)21-9-7-16-4-6-19(26-16)15-8-10-25-13-15/h3-6,8,10-11,13H,7,9,12H2,1-2H3,(H,21,22). The van der Waals surface area contributed by atoms with Crippen LogP contribution in [0.2, 0.25) is 0 Å². The number of methoxy groups -OCH3 is 2. The Labute approximate surface area is 161 Å². The number of benzene rings is 1. The molecule has 1 N–H and O–H groups in total. The fourth-order valence-corrected chi connectivity index (χ4v) is 4.37. The van der Waals surface area contributed by atoms with Crippen LogP contribution in [0, 0.1) is 0 Å². The molecule has 4 nitrogen and oxygen atoms in total. The average Bonchev–Trinajstić information content (AvgIpc) is 3.33. The summed E-state index contributed by atoms with van der Waals surface area (Å²) in [6.45, 7) is 0.635. The molecule has 3 aromatic rings. The highest BCUT2D eigenvalue weighted by atomic mass is 32.1. The van der Waals surface area contributed by atoms with Crippen LogP contribution in [0.4, 0.5) is 0 Å². The van der Waals surface area contributed by atoms with Crippen molar-refractivity contribution in [1.82, 2.24) is 5.32 Å². The van der Waals surface area contributed by atoms with Crippen molar-refractivity contribution in [3.63, 3.8) is 0 Å². The third-order valence-corrected chi connectivity index (χ3v) is 5.85. The molecule has 3 rings (SSSR count). The van der Waals surface area contributed by atoms with Gasteiger partial charge >= 0.3 is 0 Å². The van der Waals surface area contributed by atoms with Crippen LogP contribution in [0.25, 0.3) is 10.4 Å². The molecule has 2 heterocycles. The summed E-state index contributed by atoms with van der Waals surface area (Å²) in [6, 6.07) is 12.0. The topological polar surface area (TPSA) is 47.6 Å². The van der Waals surface area contributed by atoms with E-state index in [4.69, 9.17) is 9.47 Å². The smallest absolute Gasteiger partial charge is 0.224 e. The van der Waals surface area contributed by atoms with Crippen LogP contribution in [-0.2, 0) is 17.6 Å². The van der Waals surface area contributed by atoms with Gasteiger partial charge in [0.1, 0.15) is 0 Å². The predicted octanol–water partition coefficient (Wildman–Crippen LogP) is 4.40. The highest BCUT2D eigenvalue weighted by Crippen LogP contribution is 2.30. The fraction of sp³-hybridized carbons (Fsp3) is 0.250. The maximum absolute atomic E-state index is 12.2. The lowest BCUT2D eigenvalue weighted by Crippen LogP contribution is -2.27. The van der Waals surface area contributed by atoms with E-state index < -0.39 is 0 Å². The number of carbonyl (C=O) groups excluding carboxylic acids is 1. The maximum Gasteiger partial charge on any atom is 0.224 e. The lowest BCUT2D eigenvalue weighted by Gasteiger charge is -2.09. The van der Waals surface area contributed by atoms with E-state index in [9.17, 15) is 4.79 Å². The minimum Gasteiger partial charge on any atom is -0.493 e. The van der Waals surface area contributed by atoms with Gasteiger partial charge in [0.15, 0.2) is 11.5 Å². The lowest BCUT2D eigenvalue weighted by atomic mass is 10.1. The van der Waals surface area contributed by atoms with Crippen molar-refractivity contribution in [3.8, 4) is 21.9 Å². The number of hydrogen-bond donors (Lipinski definition) is 1. The van der Waals surface area contributed by atoms with E-state index >= 15 is 0 Å². The summed E-state index contributed by atoms with van der Waals surface area (Å²) in [5, 5.41) is 7.23. The van der Waals surface area contributed by atoms with Gasteiger partial charge in [-0.25, -0.2) is 0 Å². The Morgan fingerprint density at radius 2 is 1.92 bits per heavy atom. The first-order valence-electron chi connectivity index (χ1n) is 8.28. The van der Waals surface area contributed by atoms with Crippen molar-refractivity contribution < 1.29 is 14.3 Å². The Bertz CT molecular complexity index is 856. The van der Waals surface area contributed by atoms with Crippen molar-refractivity contribution in [2.24, 2.45) is 0 Å². The lowest BCUT2D eigenvalue weighted by molar-refractivity contribution is -0.120. The van der Waals surface area contributed by atoms with Crippen LogP contribution >= 0.6 is 22.7 Å². The third-order valence-electron chi connectivity index (χ3n) is 3.97. The largest absolute Gasteiger partial charge is 0.493 e. The molecule has 2 aromatic heterocycles. The second kappa shape index (κ2) is 8.87. The minimum atomic E-state index is 0.00633. The fourth-order valence-electron chi connectivity index (χ4n) is 2.64. The summed E-state index contributed by atoms with van der Waals surface area (Å²) in [5.41, 5.74) is 2.17. The summed E-state index contributed by atoms with van der Waals surface area (Å²) < 4.78 is 10.5. The molecule has 0 bridgehead atoms. The monoisotopic (exact) mass is 387 g/mol. The molecule has 0 aliphatic carbocycles. The number of nitrogens with one attached hydrogen (secondary N) is 1. The molecule has 0 spiro atoms. The summed E-state index contributed by atoms with van der Waals surface area (Å²) >= 11 is 3.48. The SMILES string of the molecule is COc1ccc(CC(=O)NCCc2ccc(-c3ccsc3)s2)cc1OC. The summed E-state index contributed by atoms with van der Waals surface area (Å²) in [6.07, 6.45) is 1.16. The third kappa shape index (κ3) is 4.65. The molecule has 6 heteroatoms. The number of hydrogen-bond acceptors (Lipinski definition) is 5. The molecule has 0 atom stereocenters. The Morgan fingerprint density at radius 1 is 1.08 bits per heavy atom. The van der Waals surface area contributed by atoms with Crippen molar-refractivity contribution in [1.29, 1.82) is 0 Å². The van der Waals surface area contributed by atoms with Crippen LogP contribution in [-0.4, -0.2) is 26.7 Å². The van der Waals surface area contributed by atoms with E-state index in [0.29, 0.717) is 24.5 Å². The van der Waals surface area contributed by atoms with Gasteiger partial charge in [-0.05, 0) is 53.1 Å². The number of thiophene rings is 2. The van der Waals surface area contributed by atoms with Crippen LogP contribution in [0.1, 0.15) is 10.4 Å². The zero-order chi connectivity index (χ0) is 18.4. The molecule has 0 fully saturated rings. The van der Waals surface area contributed by atoms with E-state index in [1.54, 1.807) is 36.9 Å². The predicted molar refractivity (Wildman–Crippen MR) is 108 cm³/mol. The average molecular weight is 388 g/mol. The van der Waals surface area contributed by atoms with Gasteiger partial charge in [0.2, 0.25) is 5.91 Å². The van der Waals surface area contributed by atoms with Gasteiger partial charge in [0, 0.05) is 21.9 Å². The van der Waals surface area contributed by atoms with Crippen LogP contribution in [0.5, 0.6) is 11.5 Å². The van der Waals surface area contributed by atoms with Crippen molar-refractivity contribution in [2.45, 2.75) is 12.8 Å². The number of carbonyl (C=O) groups is 1. The first-order valence-corrected chi connectivity index (χ1v) is 10.0. The first kappa shape index (κ1) is 18.5.